The maximum Gasteiger partial charge on any atom is 0.311 e. The van der Waals surface area contributed by atoms with E-state index in [1.807, 2.05) is 0 Å². The van der Waals surface area contributed by atoms with E-state index in [0.29, 0.717) is 0 Å². The summed E-state index contributed by atoms with van der Waals surface area (Å²) >= 11 is -2.01. The van der Waals surface area contributed by atoms with Crippen LogP contribution in [0.4, 0.5) is 4.39 Å². The zero-order chi connectivity index (χ0) is 6.91. The average Bonchev–Trinajstić information content (AvgIpc) is 2.13. The van der Waals surface area contributed by atoms with Crippen molar-refractivity contribution < 1.29 is 17.0 Å². The lowest BCUT2D eigenvalue weighted by atomic mass is 10.4. The van der Waals surface area contributed by atoms with Crippen molar-refractivity contribution in [3.8, 4) is 12.3 Å². The molecule has 0 amide bonds. The van der Waals surface area contributed by atoms with Gasteiger partial charge in [-0.05, 0) is 5.92 Å². The fourth-order valence-electron chi connectivity index (χ4n) is 0.346. The van der Waals surface area contributed by atoms with Gasteiger partial charge < -0.3 is 0 Å². The summed E-state index contributed by atoms with van der Waals surface area (Å²) in [5.74, 6) is -0.623. The molecule has 1 heterocycles. The molecule has 0 aromatic rings. The summed E-state index contributed by atoms with van der Waals surface area (Å²) in [5.41, 5.74) is 0. The SMILES string of the molecule is C#CC1(F)COS(=O)O1. The lowest BCUT2D eigenvalue weighted by molar-refractivity contribution is 0.0186. The minimum absolute atomic E-state index is 0.462. The Morgan fingerprint density at radius 2 is 2.56 bits per heavy atom. The average molecular weight is 150 g/mol. The highest BCUT2D eigenvalue weighted by molar-refractivity contribution is 7.75. The molecule has 0 N–H and O–H groups in total. The van der Waals surface area contributed by atoms with Gasteiger partial charge in [-0.3, -0.25) is 4.18 Å². The van der Waals surface area contributed by atoms with Gasteiger partial charge in [-0.15, -0.1) is 6.42 Å². The number of rotatable bonds is 0. The van der Waals surface area contributed by atoms with Gasteiger partial charge in [0.2, 0.25) is 0 Å². The van der Waals surface area contributed by atoms with E-state index in [4.69, 9.17) is 0 Å². The van der Waals surface area contributed by atoms with E-state index < -0.39 is 23.8 Å². The fraction of sp³-hybridized carbons (Fsp3) is 0.500. The summed E-state index contributed by atoms with van der Waals surface area (Å²) in [6.45, 7) is -0.462. The van der Waals surface area contributed by atoms with Gasteiger partial charge in [0.15, 0.2) is 0 Å². The minimum atomic E-state index is -2.29. The molecule has 2 atom stereocenters. The highest BCUT2D eigenvalue weighted by Gasteiger charge is 2.39. The predicted molar refractivity (Wildman–Crippen MR) is 27.9 cm³/mol. The van der Waals surface area contributed by atoms with Crippen LogP contribution in [0.2, 0.25) is 0 Å². The maximum absolute atomic E-state index is 12.5. The molecule has 0 radical (unpaired) electrons. The van der Waals surface area contributed by atoms with Gasteiger partial charge in [-0.25, -0.2) is 4.18 Å². The molecule has 0 bridgehead atoms. The van der Waals surface area contributed by atoms with Crippen LogP contribution >= 0.6 is 0 Å². The van der Waals surface area contributed by atoms with E-state index in [0.717, 1.165) is 0 Å². The molecular weight excluding hydrogens is 147 g/mol. The first-order valence-corrected chi connectivity index (χ1v) is 3.07. The van der Waals surface area contributed by atoms with Crippen LogP contribution in [0.1, 0.15) is 0 Å². The van der Waals surface area contributed by atoms with Crippen molar-refractivity contribution in [2.24, 2.45) is 0 Å². The summed E-state index contributed by atoms with van der Waals surface area (Å²) in [6.07, 6.45) is 4.67. The normalized spacial score (nSPS) is 42.4. The van der Waals surface area contributed by atoms with Gasteiger partial charge in [0.1, 0.15) is 6.61 Å². The number of hydrogen-bond acceptors (Lipinski definition) is 3. The summed E-state index contributed by atoms with van der Waals surface area (Å²) < 4.78 is 30.9. The molecule has 0 saturated carbocycles. The Morgan fingerprint density at radius 3 is 2.78 bits per heavy atom. The van der Waals surface area contributed by atoms with Crippen molar-refractivity contribution in [1.82, 2.24) is 0 Å². The first-order valence-electron chi connectivity index (χ1n) is 2.07. The molecule has 0 aromatic carbocycles. The quantitative estimate of drug-likeness (QED) is 0.453. The van der Waals surface area contributed by atoms with E-state index in [1.54, 1.807) is 5.92 Å². The second kappa shape index (κ2) is 2.06. The molecule has 1 aliphatic heterocycles. The maximum atomic E-state index is 12.5. The highest BCUT2D eigenvalue weighted by atomic mass is 32.2. The lowest BCUT2D eigenvalue weighted by Gasteiger charge is -2.02. The lowest BCUT2D eigenvalue weighted by Crippen LogP contribution is -2.21. The molecule has 0 aliphatic carbocycles. The van der Waals surface area contributed by atoms with Crippen LogP contribution in [0.5, 0.6) is 0 Å². The van der Waals surface area contributed by atoms with Crippen LogP contribution < -0.4 is 0 Å². The molecule has 1 saturated heterocycles. The Morgan fingerprint density at radius 1 is 1.89 bits per heavy atom. The van der Waals surface area contributed by atoms with E-state index >= 15 is 0 Å². The monoisotopic (exact) mass is 150 g/mol. The number of hydrogen-bond donors (Lipinski definition) is 0. The van der Waals surface area contributed by atoms with Crippen molar-refractivity contribution in [2.45, 2.75) is 5.85 Å². The van der Waals surface area contributed by atoms with Gasteiger partial charge in [-0.2, -0.15) is 8.60 Å². The zero-order valence-electron chi connectivity index (χ0n) is 4.30. The Balaban J connectivity index is 2.68. The third-order valence-electron chi connectivity index (χ3n) is 0.756. The van der Waals surface area contributed by atoms with Crippen LogP contribution in [0.15, 0.2) is 0 Å². The van der Waals surface area contributed by atoms with E-state index in [9.17, 15) is 8.60 Å². The molecule has 50 valence electrons. The number of alkyl halides is 1. The Bertz CT molecular complexity index is 187. The molecule has 5 heteroatoms. The molecule has 2 unspecified atom stereocenters. The summed E-state index contributed by atoms with van der Waals surface area (Å²) in [6, 6.07) is 0. The van der Waals surface area contributed by atoms with Crippen molar-refractivity contribution in [3.63, 3.8) is 0 Å². The van der Waals surface area contributed by atoms with Crippen molar-refractivity contribution in [2.75, 3.05) is 6.61 Å². The Hall–Kier alpha value is -0.440. The summed E-state index contributed by atoms with van der Waals surface area (Å²) in [4.78, 5) is 0. The smallest absolute Gasteiger partial charge is 0.261 e. The highest BCUT2D eigenvalue weighted by Crippen LogP contribution is 2.21. The van der Waals surface area contributed by atoms with Gasteiger partial charge in [-0.1, -0.05) is 0 Å². The third-order valence-corrected chi connectivity index (χ3v) is 1.47. The number of terminal acetylenes is 1. The van der Waals surface area contributed by atoms with E-state index in [1.165, 1.54) is 0 Å². The van der Waals surface area contributed by atoms with Gasteiger partial charge in [0.05, 0.1) is 0 Å². The summed E-state index contributed by atoms with van der Waals surface area (Å²) in [5, 5.41) is 0. The van der Waals surface area contributed by atoms with Crippen LogP contribution in [0.25, 0.3) is 0 Å². The molecule has 0 aromatic heterocycles. The van der Waals surface area contributed by atoms with Crippen LogP contribution in [-0.2, 0) is 19.7 Å². The van der Waals surface area contributed by atoms with Crippen LogP contribution in [-0.4, -0.2) is 16.7 Å². The second-order valence-electron chi connectivity index (χ2n) is 1.42. The standard InChI is InChI=1S/C4H3FO3S/c1-2-4(5)3-7-9(6)8-4/h1H,3H2. The Labute approximate surface area is 54.0 Å². The third kappa shape index (κ3) is 1.27. The van der Waals surface area contributed by atoms with Crippen LogP contribution in [0.3, 0.4) is 0 Å². The topological polar surface area (TPSA) is 35.5 Å². The van der Waals surface area contributed by atoms with Gasteiger partial charge in [0, 0.05) is 0 Å². The summed E-state index contributed by atoms with van der Waals surface area (Å²) in [7, 11) is 0. The van der Waals surface area contributed by atoms with E-state index in [-0.39, 0.29) is 0 Å². The molecule has 0 spiro atoms. The molecular formula is C4H3FO3S. The second-order valence-corrected chi connectivity index (χ2v) is 2.23. The van der Waals surface area contributed by atoms with Crippen LogP contribution in [0, 0.1) is 12.3 Å². The fourth-order valence-corrected chi connectivity index (χ4v) is 0.953. The first kappa shape index (κ1) is 6.68. The molecule has 3 nitrogen and oxygen atoms in total. The molecule has 1 fully saturated rings. The van der Waals surface area contributed by atoms with Gasteiger partial charge >= 0.3 is 17.2 Å². The van der Waals surface area contributed by atoms with Crippen molar-refractivity contribution in [1.29, 1.82) is 0 Å². The minimum Gasteiger partial charge on any atom is -0.261 e. The largest absolute Gasteiger partial charge is 0.311 e. The Kier molecular flexibility index (Phi) is 1.53. The molecule has 9 heavy (non-hydrogen) atoms. The van der Waals surface area contributed by atoms with E-state index in [2.05, 4.69) is 14.8 Å². The molecule has 1 rings (SSSR count). The predicted octanol–water partition coefficient (Wildman–Crippen LogP) is -0.0891. The van der Waals surface area contributed by atoms with Crippen molar-refractivity contribution >= 4 is 11.4 Å². The first-order chi connectivity index (χ1) is 4.16. The molecule has 1 aliphatic rings. The van der Waals surface area contributed by atoms with Gasteiger partial charge in [0.25, 0.3) is 0 Å². The van der Waals surface area contributed by atoms with Crippen molar-refractivity contribution in [3.05, 3.63) is 0 Å². The zero-order valence-corrected chi connectivity index (χ0v) is 5.11. The number of halogens is 1.